The van der Waals surface area contributed by atoms with Crippen molar-refractivity contribution < 1.29 is 28.2 Å². The molecule has 0 atom stereocenters. The lowest BCUT2D eigenvalue weighted by Crippen LogP contribution is -2.14. The van der Waals surface area contributed by atoms with Gasteiger partial charge in [-0.15, -0.1) is 0 Å². The first kappa shape index (κ1) is 14.3. The van der Waals surface area contributed by atoms with Crippen LogP contribution in [0.5, 0.6) is 0 Å². The molecule has 1 rings (SSSR count). The summed E-state index contributed by atoms with van der Waals surface area (Å²) < 4.78 is 37.9. The van der Waals surface area contributed by atoms with E-state index in [1.165, 1.54) is 6.07 Å². The highest BCUT2D eigenvalue weighted by molar-refractivity contribution is 5.90. The van der Waals surface area contributed by atoms with Crippen LogP contribution < -0.4 is 5.32 Å². The van der Waals surface area contributed by atoms with Crippen molar-refractivity contribution in [2.24, 2.45) is 0 Å². The van der Waals surface area contributed by atoms with Crippen molar-refractivity contribution >= 4 is 11.7 Å². The number of aromatic carboxylic acids is 1. The van der Waals surface area contributed by atoms with Crippen LogP contribution in [0.25, 0.3) is 0 Å². The van der Waals surface area contributed by atoms with Crippen molar-refractivity contribution in [2.45, 2.75) is 12.6 Å². The molecule has 18 heavy (non-hydrogen) atoms. The zero-order valence-electron chi connectivity index (χ0n) is 9.29. The summed E-state index contributed by atoms with van der Waals surface area (Å²) in [6, 6.07) is 2.92. The van der Waals surface area contributed by atoms with Gasteiger partial charge in [0.25, 0.3) is 0 Å². The SMILES string of the molecule is O=C(O)c1ccc(NCCCO)cc1C(F)(F)F. The Balaban J connectivity index is 3.02. The van der Waals surface area contributed by atoms with Gasteiger partial charge in [-0.05, 0) is 24.6 Å². The minimum absolute atomic E-state index is 0.0770. The molecule has 0 amide bonds. The van der Waals surface area contributed by atoms with Gasteiger partial charge in [0.15, 0.2) is 0 Å². The van der Waals surface area contributed by atoms with Crippen molar-refractivity contribution in [3.63, 3.8) is 0 Å². The van der Waals surface area contributed by atoms with E-state index in [0.717, 1.165) is 12.1 Å². The number of hydrogen-bond acceptors (Lipinski definition) is 3. The number of aliphatic hydroxyl groups excluding tert-OH is 1. The van der Waals surface area contributed by atoms with Crippen molar-refractivity contribution in [1.82, 2.24) is 0 Å². The van der Waals surface area contributed by atoms with Crippen LogP contribution >= 0.6 is 0 Å². The fourth-order valence-corrected chi connectivity index (χ4v) is 1.39. The third-order valence-corrected chi connectivity index (χ3v) is 2.22. The van der Waals surface area contributed by atoms with Crippen LogP contribution in [0.15, 0.2) is 18.2 Å². The van der Waals surface area contributed by atoms with E-state index < -0.39 is 23.3 Å². The van der Waals surface area contributed by atoms with Gasteiger partial charge in [0.1, 0.15) is 0 Å². The second kappa shape index (κ2) is 5.72. The van der Waals surface area contributed by atoms with Gasteiger partial charge in [-0.2, -0.15) is 13.2 Å². The molecule has 0 fully saturated rings. The Morgan fingerprint density at radius 2 is 2.00 bits per heavy atom. The number of rotatable bonds is 5. The van der Waals surface area contributed by atoms with Crippen molar-refractivity contribution in [3.8, 4) is 0 Å². The smallest absolute Gasteiger partial charge is 0.417 e. The molecular formula is C11H12F3NO3. The van der Waals surface area contributed by atoms with Crippen LogP contribution in [0.1, 0.15) is 22.3 Å². The van der Waals surface area contributed by atoms with Crippen LogP contribution in [0.2, 0.25) is 0 Å². The van der Waals surface area contributed by atoms with Crippen molar-refractivity contribution in [1.29, 1.82) is 0 Å². The van der Waals surface area contributed by atoms with Crippen LogP contribution in [-0.4, -0.2) is 29.3 Å². The van der Waals surface area contributed by atoms with E-state index in [-0.39, 0.29) is 12.3 Å². The molecule has 0 unspecified atom stereocenters. The Labute approximate surface area is 101 Å². The van der Waals surface area contributed by atoms with E-state index in [1.807, 2.05) is 0 Å². The Hall–Kier alpha value is -1.76. The summed E-state index contributed by atoms with van der Waals surface area (Å²) in [6.07, 6.45) is -4.33. The lowest BCUT2D eigenvalue weighted by atomic mass is 10.1. The fraction of sp³-hybridized carbons (Fsp3) is 0.364. The Kier molecular flexibility index (Phi) is 4.55. The first-order chi connectivity index (χ1) is 8.36. The van der Waals surface area contributed by atoms with Gasteiger partial charge in [0, 0.05) is 18.8 Å². The molecule has 1 aromatic rings. The lowest BCUT2D eigenvalue weighted by molar-refractivity contribution is -0.138. The molecule has 0 bridgehead atoms. The average molecular weight is 263 g/mol. The molecule has 4 nitrogen and oxygen atoms in total. The quantitative estimate of drug-likeness (QED) is 0.712. The summed E-state index contributed by atoms with van der Waals surface area (Å²) >= 11 is 0. The molecule has 0 heterocycles. The molecule has 0 saturated heterocycles. The highest BCUT2D eigenvalue weighted by atomic mass is 19.4. The average Bonchev–Trinajstić information content (AvgIpc) is 2.28. The molecule has 0 spiro atoms. The molecule has 100 valence electrons. The molecule has 0 saturated carbocycles. The lowest BCUT2D eigenvalue weighted by Gasteiger charge is -2.13. The number of nitrogens with one attached hydrogen (secondary N) is 1. The minimum Gasteiger partial charge on any atom is -0.478 e. The molecule has 7 heteroatoms. The highest BCUT2D eigenvalue weighted by Crippen LogP contribution is 2.33. The van der Waals surface area contributed by atoms with Gasteiger partial charge in [0.05, 0.1) is 11.1 Å². The summed E-state index contributed by atoms with van der Waals surface area (Å²) in [7, 11) is 0. The zero-order valence-corrected chi connectivity index (χ0v) is 9.29. The number of halogens is 3. The Morgan fingerprint density at radius 3 is 2.50 bits per heavy atom. The van der Waals surface area contributed by atoms with Gasteiger partial charge in [-0.25, -0.2) is 4.79 Å². The molecular weight excluding hydrogens is 251 g/mol. The first-order valence-electron chi connectivity index (χ1n) is 5.15. The number of aliphatic hydroxyl groups is 1. The van der Waals surface area contributed by atoms with E-state index in [1.54, 1.807) is 0 Å². The molecule has 0 aliphatic heterocycles. The van der Waals surface area contributed by atoms with Crippen LogP contribution in [0.3, 0.4) is 0 Å². The van der Waals surface area contributed by atoms with Gasteiger partial charge in [-0.3, -0.25) is 0 Å². The van der Waals surface area contributed by atoms with Crippen molar-refractivity contribution in [2.75, 3.05) is 18.5 Å². The zero-order chi connectivity index (χ0) is 13.8. The van der Waals surface area contributed by atoms with Crippen LogP contribution in [-0.2, 0) is 6.18 Å². The van der Waals surface area contributed by atoms with E-state index in [9.17, 15) is 18.0 Å². The van der Waals surface area contributed by atoms with E-state index in [4.69, 9.17) is 10.2 Å². The second-order valence-electron chi connectivity index (χ2n) is 3.57. The molecule has 0 aromatic heterocycles. The van der Waals surface area contributed by atoms with E-state index >= 15 is 0 Å². The maximum Gasteiger partial charge on any atom is 0.417 e. The topological polar surface area (TPSA) is 69.6 Å². The number of carboxylic acids is 1. The summed E-state index contributed by atoms with van der Waals surface area (Å²) in [5.74, 6) is -1.62. The third-order valence-electron chi connectivity index (χ3n) is 2.22. The van der Waals surface area contributed by atoms with Gasteiger partial charge in [-0.1, -0.05) is 0 Å². The largest absolute Gasteiger partial charge is 0.478 e. The standard InChI is InChI=1S/C11H12F3NO3/c12-11(13,14)9-6-7(15-4-1-5-16)2-3-8(9)10(17)18/h2-3,6,15-16H,1,4-5H2,(H,17,18). The number of alkyl halides is 3. The number of hydrogen-bond donors (Lipinski definition) is 3. The second-order valence-corrected chi connectivity index (χ2v) is 3.57. The summed E-state index contributed by atoms with van der Waals surface area (Å²) in [4.78, 5) is 10.7. The predicted octanol–water partition coefficient (Wildman–Crippen LogP) is 2.20. The molecule has 0 aliphatic carbocycles. The first-order valence-corrected chi connectivity index (χ1v) is 5.15. The number of benzene rings is 1. The summed E-state index contributed by atoms with van der Waals surface area (Å²) in [5.41, 5.74) is -1.81. The maximum atomic E-state index is 12.6. The van der Waals surface area contributed by atoms with E-state index in [0.29, 0.717) is 13.0 Å². The van der Waals surface area contributed by atoms with Crippen LogP contribution in [0, 0.1) is 0 Å². The molecule has 3 N–H and O–H groups in total. The van der Waals surface area contributed by atoms with Crippen molar-refractivity contribution in [3.05, 3.63) is 29.3 Å². The predicted molar refractivity (Wildman–Crippen MR) is 58.6 cm³/mol. The Bertz CT molecular complexity index is 432. The normalized spacial score (nSPS) is 11.3. The Morgan fingerprint density at radius 1 is 1.33 bits per heavy atom. The third kappa shape index (κ3) is 3.63. The molecule has 0 aliphatic rings. The minimum atomic E-state index is -4.72. The summed E-state index contributed by atoms with van der Waals surface area (Å²) in [5, 5.41) is 19.9. The van der Waals surface area contributed by atoms with Crippen LogP contribution in [0.4, 0.5) is 18.9 Å². The number of anilines is 1. The fourth-order valence-electron chi connectivity index (χ4n) is 1.39. The summed E-state index contributed by atoms with van der Waals surface area (Å²) in [6.45, 7) is 0.229. The van der Waals surface area contributed by atoms with E-state index in [2.05, 4.69) is 5.32 Å². The molecule has 0 radical (unpaired) electrons. The van der Waals surface area contributed by atoms with Gasteiger partial charge in [0.2, 0.25) is 0 Å². The highest BCUT2D eigenvalue weighted by Gasteiger charge is 2.35. The number of carbonyl (C=O) groups is 1. The monoisotopic (exact) mass is 263 g/mol. The number of carboxylic acid groups (broad SMARTS) is 1. The maximum absolute atomic E-state index is 12.6. The molecule has 1 aromatic carbocycles. The van der Waals surface area contributed by atoms with Gasteiger partial charge < -0.3 is 15.5 Å². The van der Waals surface area contributed by atoms with Gasteiger partial charge >= 0.3 is 12.1 Å².